The number of rotatable bonds is 3. The molecule has 4 heteroatoms. The quantitative estimate of drug-likeness (QED) is 0.922. The van der Waals surface area contributed by atoms with E-state index in [-0.39, 0.29) is 17.9 Å². The van der Waals surface area contributed by atoms with Crippen molar-refractivity contribution in [3.63, 3.8) is 0 Å². The van der Waals surface area contributed by atoms with Crippen LogP contribution in [-0.2, 0) is 9.59 Å². The SMILES string of the molecule is CC(C)(C)CCC(=O)N1CC(C(=O)O)c2ccccc21. The van der Waals surface area contributed by atoms with Crippen molar-refractivity contribution >= 4 is 17.6 Å². The Hall–Kier alpha value is -1.84. The predicted octanol–water partition coefficient (Wildman–Crippen LogP) is 3.03. The topological polar surface area (TPSA) is 57.6 Å². The third-order valence-electron chi connectivity index (χ3n) is 3.66. The lowest BCUT2D eigenvalue weighted by Gasteiger charge is -2.21. The highest BCUT2D eigenvalue weighted by Gasteiger charge is 2.36. The fourth-order valence-corrected chi connectivity index (χ4v) is 2.47. The fourth-order valence-electron chi connectivity index (χ4n) is 2.47. The van der Waals surface area contributed by atoms with Gasteiger partial charge in [0.25, 0.3) is 0 Å². The Morgan fingerprint density at radius 3 is 2.55 bits per heavy atom. The molecule has 0 saturated carbocycles. The second-order valence-corrected chi connectivity index (χ2v) is 6.51. The van der Waals surface area contributed by atoms with Crippen LogP contribution in [0.15, 0.2) is 24.3 Å². The van der Waals surface area contributed by atoms with E-state index < -0.39 is 11.9 Å². The molecule has 0 bridgehead atoms. The number of carboxylic acids is 1. The average molecular weight is 275 g/mol. The summed E-state index contributed by atoms with van der Waals surface area (Å²) in [5.41, 5.74) is 1.59. The van der Waals surface area contributed by atoms with Crippen molar-refractivity contribution in [2.45, 2.75) is 39.5 Å². The van der Waals surface area contributed by atoms with Gasteiger partial charge in [-0.15, -0.1) is 0 Å². The van der Waals surface area contributed by atoms with Gasteiger partial charge in [-0.05, 0) is 23.5 Å². The van der Waals surface area contributed by atoms with Crippen LogP contribution in [0.1, 0.15) is 45.1 Å². The molecular weight excluding hydrogens is 254 g/mol. The Bertz CT molecular complexity index is 531. The number of carboxylic acid groups (broad SMARTS) is 1. The molecule has 0 fully saturated rings. The predicted molar refractivity (Wildman–Crippen MR) is 77.9 cm³/mol. The number of carbonyl (C=O) groups is 2. The van der Waals surface area contributed by atoms with E-state index in [1.165, 1.54) is 0 Å². The number of anilines is 1. The van der Waals surface area contributed by atoms with E-state index in [0.29, 0.717) is 6.42 Å². The molecule has 20 heavy (non-hydrogen) atoms. The van der Waals surface area contributed by atoms with Gasteiger partial charge in [0.1, 0.15) is 5.92 Å². The summed E-state index contributed by atoms with van der Waals surface area (Å²) >= 11 is 0. The maximum absolute atomic E-state index is 12.4. The summed E-state index contributed by atoms with van der Waals surface area (Å²) in [6.45, 7) is 6.53. The number of hydrogen-bond acceptors (Lipinski definition) is 2. The highest BCUT2D eigenvalue weighted by atomic mass is 16.4. The summed E-state index contributed by atoms with van der Waals surface area (Å²) in [5, 5.41) is 9.28. The summed E-state index contributed by atoms with van der Waals surface area (Å²) in [4.78, 5) is 25.3. The van der Waals surface area contributed by atoms with Crippen LogP contribution < -0.4 is 4.90 Å². The largest absolute Gasteiger partial charge is 0.481 e. The highest BCUT2D eigenvalue weighted by molar-refractivity contribution is 5.98. The molecule has 1 heterocycles. The molecule has 1 aliphatic heterocycles. The molecule has 0 radical (unpaired) electrons. The lowest BCUT2D eigenvalue weighted by Crippen LogP contribution is -2.31. The Morgan fingerprint density at radius 2 is 1.95 bits per heavy atom. The first kappa shape index (κ1) is 14.6. The van der Waals surface area contributed by atoms with Crippen molar-refractivity contribution in [3.8, 4) is 0 Å². The van der Waals surface area contributed by atoms with Crippen molar-refractivity contribution in [3.05, 3.63) is 29.8 Å². The molecule has 1 aromatic rings. The van der Waals surface area contributed by atoms with E-state index in [1.807, 2.05) is 18.2 Å². The average Bonchev–Trinajstić information content (AvgIpc) is 2.75. The van der Waals surface area contributed by atoms with Gasteiger partial charge in [0.15, 0.2) is 0 Å². The van der Waals surface area contributed by atoms with Gasteiger partial charge in [-0.1, -0.05) is 39.0 Å². The molecular formula is C16H21NO3. The van der Waals surface area contributed by atoms with Crippen LogP contribution in [0.25, 0.3) is 0 Å². The molecule has 0 aliphatic carbocycles. The minimum absolute atomic E-state index is 0.0103. The number of carbonyl (C=O) groups excluding carboxylic acids is 1. The molecule has 0 saturated heterocycles. The normalized spacial score (nSPS) is 17.9. The van der Waals surface area contributed by atoms with E-state index >= 15 is 0 Å². The zero-order valence-electron chi connectivity index (χ0n) is 12.2. The van der Waals surface area contributed by atoms with Crippen LogP contribution in [0.3, 0.4) is 0 Å². The number of nitrogens with zero attached hydrogens (tertiary/aromatic N) is 1. The summed E-state index contributed by atoms with van der Waals surface area (Å²) in [6, 6.07) is 7.28. The molecule has 1 N–H and O–H groups in total. The maximum atomic E-state index is 12.4. The highest BCUT2D eigenvalue weighted by Crippen LogP contribution is 2.37. The van der Waals surface area contributed by atoms with Crippen LogP contribution in [0.4, 0.5) is 5.69 Å². The van der Waals surface area contributed by atoms with Crippen LogP contribution in [0.2, 0.25) is 0 Å². The van der Waals surface area contributed by atoms with Crippen molar-refractivity contribution < 1.29 is 14.7 Å². The summed E-state index contributed by atoms with van der Waals surface area (Å²) < 4.78 is 0. The van der Waals surface area contributed by atoms with Gasteiger partial charge < -0.3 is 10.0 Å². The van der Waals surface area contributed by atoms with E-state index in [9.17, 15) is 14.7 Å². The van der Waals surface area contributed by atoms with Crippen LogP contribution in [0.5, 0.6) is 0 Å². The molecule has 2 rings (SSSR count). The first-order valence-electron chi connectivity index (χ1n) is 6.92. The number of amides is 1. The molecule has 1 amide bonds. The fraction of sp³-hybridized carbons (Fsp3) is 0.500. The Labute approximate surface area is 119 Å². The Kier molecular flexibility index (Phi) is 3.84. The van der Waals surface area contributed by atoms with E-state index in [0.717, 1.165) is 17.7 Å². The third-order valence-corrected chi connectivity index (χ3v) is 3.66. The van der Waals surface area contributed by atoms with Crippen LogP contribution >= 0.6 is 0 Å². The molecule has 1 aliphatic rings. The van der Waals surface area contributed by atoms with Crippen molar-refractivity contribution in [1.29, 1.82) is 0 Å². The van der Waals surface area contributed by atoms with E-state index in [2.05, 4.69) is 20.8 Å². The van der Waals surface area contributed by atoms with Gasteiger partial charge in [0.05, 0.1) is 0 Å². The molecule has 4 nitrogen and oxygen atoms in total. The lowest BCUT2D eigenvalue weighted by molar-refractivity contribution is -0.138. The van der Waals surface area contributed by atoms with Crippen molar-refractivity contribution in [2.75, 3.05) is 11.4 Å². The van der Waals surface area contributed by atoms with E-state index in [1.54, 1.807) is 11.0 Å². The number of fused-ring (bicyclic) bond motifs is 1. The molecule has 108 valence electrons. The van der Waals surface area contributed by atoms with Gasteiger partial charge in [-0.3, -0.25) is 9.59 Å². The standard InChI is InChI=1S/C16H21NO3/c1-16(2,3)9-8-14(18)17-10-12(15(19)20)11-6-4-5-7-13(11)17/h4-7,12H,8-10H2,1-3H3,(H,19,20). The Balaban J connectivity index is 2.18. The van der Waals surface area contributed by atoms with Gasteiger partial charge in [0, 0.05) is 18.7 Å². The number of hydrogen-bond donors (Lipinski definition) is 1. The maximum Gasteiger partial charge on any atom is 0.312 e. The Morgan fingerprint density at radius 1 is 1.30 bits per heavy atom. The zero-order chi connectivity index (χ0) is 14.9. The first-order chi connectivity index (χ1) is 9.29. The smallest absolute Gasteiger partial charge is 0.312 e. The molecule has 1 aromatic carbocycles. The second-order valence-electron chi connectivity index (χ2n) is 6.51. The second kappa shape index (κ2) is 5.27. The first-order valence-corrected chi connectivity index (χ1v) is 6.92. The van der Waals surface area contributed by atoms with Crippen LogP contribution in [0, 0.1) is 5.41 Å². The van der Waals surface area contributed by atoms with Gasteiger partial charge in [-0.25, -0.2) is 0 Å². The summed E-state index contributed by atoms with van der Waals surface area (Å²) in [5.74, 6) is -1.47. The number of aliphatic carboxylic acids is 1. The van der Waals surface area contributed by atoms with E-state index in [4.69, 9.17) is 0 Å². The van der Waals surface area contributed by atoms with Crippen LogP contribution in [-0.4, -0.2) is 23.5 Å². The van der Waals surface area contributed by atoms with Gasteiger partial charge >= 0.3 is 5.97 Å². The molecule has 0 spiro atoms. The summed E-state index contributed by atoms with van der Waals surface area (Å²) in [7, 11) is 0. The lowest BCUT2D eigenvalue weighted by atomic mass is 9.90. The van der Waals surface area contributed by atoms with Crippen molar-refractivity contribution in [1.82, 2.24) is 0 Å². The van der Waals surface area contributed by atoms with Gasteiger partial charge in [-0.2, -0.15) is 0 Å². The minimum atomic E-state index is -0.872. The number of benzene rings is 1. The molecule has 1 unspecified atom stereocenters. The van der Waals surface area contributed by atoms with Gasteiger partial charge in [0.2, 0.25) is 5.91 Å². The monoisotopic (exact) mass is 275 g/mol. The number of para-hydroxylation sites is 1. The van der Waals surface area contributed by atoms with Crippen molar-refractivity contribution in [2.24, 2.45) is 5.41 Å². The minimum Gasteiger partial charge on any atom is -0.481 e. The molecule has 1 atom stereocenters. The summed E-state index contributed by atoms with van der Waals surface area (Å²) in [6.07, 6.45) is 1.24. The molecule has 0 aromatic heterocycles. The zero-order valence-corrected chi connectivity index (χ0v) is 12.2. The third kappa shape index (κ3) is 3.00.